The summed E-state index contributed by atoms with van der Waals surface area (Å²) < 4.78 is 6.64. The van der Waals surface area contributed by atoms with E-state index in [-0.39, 0.29) is 11.9 Å². The Hall–Kier alpha value is -1.39. The molecule has 1 saturated carbocycles. The molecule has 1 aromatic carbocycles. The average Bonchev–Trinajstić information content (AvgIpc) is 2.69. The molecule has 0 amide bonds. The Morgan fingerprint density at radius 2 is 2.11 bits per heavy atom. The summed E-state index contributed by atoms with van der Waals surface area (Å²) >= 11 is 0. The van der Waals surface area contributed by atoms with Crippen molar-refractivity contribution < 1.29 is 14.0 Å². The van der Waals surface area contributed by atoms with Crippen LogP contribution in [0.4, 0.5) is 0 Å². The summed E-state index contributed by atoms with van der Waals surface area (Å²) in [5.41, 5.74) is 10.9. The Morgan fingerprint density at radius 1 is 1.32 bits per heavy atom. The standard InChI is InChI=1S/C24H37N2O2/c1-16(2)22(25)23(27)28-15-26(4)12-11-24-10-6-5-7-19(24)21(26)14-18-9-8-17(3)13-20(18)24/h8-9,13,16,19,21-22H,5-7,10-12,14-15,25H2,1-4H3/q+1/t19-,21+,22?,24+,26?/m0/s1. The number of hydrogen-bond acceptors (Lipinski definition) is 3. The minimum absolute atomic E-state index is 0.106. The predicted octanol–water partition coefficient (Wildman–Crippen LogP) is 3.68. The quantitative estimate of drug-likeness (QED) is 0.635. The number of carbonyl (C=O) groups is 1. The Balaban J connectivity index is 1.63. The first-order valence-corrected chi connectivity index (χ1v) is 11.1. The number of ether oxygens (including phenoxy) is 1. The molecule has 1 saturated heterocycles. The molecule has 2 bridgehead atoms. The number of nitrogens with zero attached hydrogens (tertiary/aromatic N) is 1. The van der Waals surface area contributed by atoms with E-state index in [1.165, 1.54) is 43.2 Å². The molecule has 0 aromatic heterocycles. The predicted molar refractivity (Wildman–Crippen MR) is 112 cm³/mol. The van der Waals surface area contributed by atoms with Crippen LogP contribution in [0.3, 0.4) is 0 Å². The van der Waals surface area contributed by atoms with Crippen molar-refractivity contribution >= 4 is 5.97 Å². The van der Waals surface area contributed by atoms with Crippen LogP contribution in [0.5, 0.6) is 0 Å². The first-order chi connectivity index (χ1) is 13.3. The summed E-state index contributed by atoms with van der Waals surface area (Å²) in [6.07, 6.45) is 7.62. The number of piperidine rings is 1. The number of benzene rings is 1. The lowest BCUT2D eigenvalue weighted by atomic mass is 9.52. The van der Waals surface area contributed by atoms with Gasteiger partial charge in [0, 0.05) is 24.2 Å². The van der Waals surface area contributed by atoms with Crippen molar-refractivity contribution in [2.45, 2.75) is 76.8 Å². The van der Waals surface area contributed by atoms with E-state index in [1.54, 1.807) is 5.56 Å². The van der Waals surface area contributed by atoms with E-state index in [1.807, 2.05) is 13.8 Å². The highest BCUT2D eigenvalue weighted by molar-refractivity contribution is 5.75. The van der Waals surface area contributed by atoms with E-state index in [0.29, 0.717) is 24.1 Å². The van der Waals surface area contributed by atoms with Gasteiger partial charge in [-0.05, 0) is 36.8 Å². The molecule has 2 unspecified atom stereocenters. The van der Waals surface area contributed by atoms with E-state index < -0.39 is 6.04 Å². The van der Waals surface area contributed by atoms with Crippen LogP contribution >= 0.6 is 0 Å². The Kier molecular flexibility index (Phi) is 5.08. The highest BCUT2D eigenvalue weighted by Gasteiger charge is 2.59. The van der Waals surface area contributed by atoms with Crippen LogP contribution < -0.4 is 5.73 Å². The van der Waals surface area contributed by atoms with Gasteiger partial charge in [0.1, 0.15) is 6.04 Å². The molecular weight excluding hydrogens is 348 g/mol. The fourth-order valence-corrected chi connectivity index (χ4v) is 6.32. The molecule has 5 atom stereocenters. The fraction of sp³-hybridized carbons (Fsp3) is 0.708. The highest BCUT2D eigenvalue weighted by Crippen LogP contribution is 2.57. The summed E-state index contributed by atoms with van der Waals surface area (Å²) in [4.78, 5) is 12.4. The third-order valence-corrected chi connectivity index (χ3v) is 8.15. The van der Waals surface area contributed by atoms with Crippen molar-refractivity contribution in [3.8, 4) is 0 Å². The van der Waals surface area contributed by atoms with Gasteiger partial charge >= 0.3 is 5.97 Å². The van der Waals surface area contributed by atoms with Gasteiger partial charge < -0.3 is 10.5 Å². The fourth-order valence-electron chi connectivity index (χ4n) is 6.32. The molecule has 2 fully saturated rings. The van der Waals surface area contributed by atoms with Crippen LogP contribution in [-0.2, 0) is 21.4 Å². The molecule has 1 aromatic rings. The number of aryl methyl sites for hydroxylation is 1. The largest absolute Gasteiger partial charge is 0.414 e. The molecule has 4 heteroatoms. The lowest BCUT2D eigenvalue weighted by molar-refractivity contribution is -0.959. The molecule has 28 heavy (non-hydrogen) atoms. The van der Waals surface area contributed by atoms with Crippen LogP contribution in [-0.4, -0.2) is 42.9 Å². The van der Waals surface area contributed by atoms with Crippen molar-refractivity contribution in [2.75, 3.05) is 20.3 Å². The second-order valence-corrected chi connectivity index (χ2v) is 10.3. The number of likely N-dealkylation sites (N-methyl/N-ethyl adjacent to an activating group) is 1. The zero-order chi connectivity index (χ0) is 20.1. The molecule has 0 spiro atoms. The number of nitrogens with two attached hydrogens (primary N) is 1. The molecule has 1 heterocycles. The van der Waals surface area contributed by atoms with Gasteiger partial charge in [0.15, 0.2) is 0 Å². The maximum absolute atomic E-state index is 12.4. The molecule has 1 aliphatic heterocycles. The number of esters is 1. The van der Waals surface area contributed by atoms with E-state index in [0.717, 1.165) is 17.4 Å². The monoisotopic (exact) mass is 385 g/mol. The minimum atomic E-state index is -0.528. The van der Waals surface area contributed by atoms with Crippen molar-refractivity contribution in [2.24, 2.45) is 17.6 Å². The highest BCUT2D eigenvalue weighted by atomic mass is 16.5. The van der Waals surface area contributed by atoms with Gasteiger partial charge in [-0.1, -0.05) is 50.5 Å². The van der Waals surface area contributed by atoms with Gasteiger partial charge in [0.05, 0.1) is 19.6 Å². The molecule has 4 nitrogen and oxygen atoms in total. The van der Waals surface area contributed by atoms with Crippen LogP contribution in [0.1, 0.15) is 62.6 Å². The molecule has 4 rings (SSSR count). The zero-order valence-corrected chi connectivity index (χ0v) is 18.0. The molecular formula is C24H37N2O2+. The lowest BCUT2D eigenvalue weighted by Gasteiger charge is -2.61. The Labute approximate surface area is 170 Å². The van der Waals surface area contributed by atoms with Crippen molar-refractivity contribution in [3.63, 3.8) is 0 Å². The second kappa shape index (κ2) is 7.14. The molecule has 2 aliphatic carbocycles. The maximum Gasteiger partial charge on any atom is 0.327 e. The molecule has 3 aliphatic rings. The third-order valence-electron chi connectivity index (χ3n) is 8.15. The summed E-state index contributed by atoms with van der Waals surface area (Å²) in [5.74, 6) is 0.559. The minimum Gasteiger partial charge on any atom is -0.414 e. The van der Waals surface area contributed by atoms with Gasteiger partial charge in [-0.2, -0.15) is 0 Å². The van der Waals surface area contributed by atoms with E-state index in [4.69, 9.17) is 10.5 Å². The number of rotatable bonds is 4. The van der Waals surface area contributed by atoms with Gasteiger partial charge in [-0.25, -0.2) is 0 Å². The molecule has 0 radical (unpaired) electrons. The maximum atomic E-state index is 12.4. The second-order valence-electron chi connectivity index (χ2n) is 10.3. The third kappa shape index (κ3) is 3.09. The normalized spacial score (nSPS) is 35.1. The van der Waals surface area contributed by atoms with Gasteiger partial charge in [0.25, 0.3) is 0 Å². The lowest BCUT2D eigenvalue weighted by Crippen LogP contribution is -2.69. The number of hydrogen-bond donors (Lipinski definition) is 1. The van der Waals surface area contributed by atoms with E-state index in [2.05, 4.69) is 32.2 Å². The summed E-state index contributed by atoms with van der Waals surface area (Å²) in [6, 6.07) is 7.11. The topological polar surface area (TPSA) is 52.3 Å². The Bertz CT molecular complexity index is 761. The first kappa shape index (κ1) is 19.9. The van der Waals surface area contributed by atoms with Gasteiger partial charge in [-0.3, -0.25) is 9.28 Å². The first-order valence-electron chi connectivity index (χ1n) is 11.1. The molecule has 154 valence electrons. The smallest absolute Gasteiger partial charge is 0.327 e. The van der Waals surface area contributed by atoms with Crippen molar-refractivity contribution in [1.82, 2.24) is 0 Å². The Morgan fingerprint density at radius 3 is 2.86 bits per heavy atom. The van der Waals surface area contributed by atoms with Crippen molar-refractivity contribution in [1.29, 1.82) is 0 Å². The van der Waals surface area contributed by atoms with Crippen LogP contribution in [0.2, 0.25) is 0 Å². The van der Waals surface area contributed by atoms with Gasteiger partial charge in [-0.15, -0.1) is 0 Å². The molecule has 2 N–H and O–H groups in total. The van der Waals surface area contributed by atoms with Gasteiger partial charge in [0.2, 0.25) is 6.73 Å². The SMILES string of the molecule is Cc1ccc2c(c1)[C@@]13CCCC[C@H]1[C@@H](C2)[N+](C)(COC(=O)C(N)C(C)C)CC3. The van der Waals surface area contributed by atoms with Crippen LogP contribution in [0, 0.1) is 18.8 Å². The number of carbonyl (C=O) groups excluding carboxylic acids is 1. The zero-order valence-electron chi connectivity index (χ0n) is 18.0. The summed E-state index contributed by atoms with van der Waals surface area (Å²) in [6.45, 7) is 7.71. The average molecular weight is 386 g/mol. The summed E-state index contributed by atoms with van der Waals surface area (Å²) in [7, 11) is 2.30. The number of likely N-dealkylation sites (tertiary alicyclic amines) is 1. The van der Waals surface area contributed by atoms with E-state index in [9.17, 15) is 4.79 Å². The van der Waals surface area contributed by atoms with Crippen LogP contribution in [0.25, 0.3) is 0 Å². The number of fused-ring (bicyclic) bond motifs is 1. The summed E-state index contributed by atoms with van der Waals surface area (Å²) in [5, 5.41) is 0. The number of quaternary nitrogens is 1. The van der Waals surface area contributed by atoms with E-state index >= 15 is 0 Å². The van der Waals surface area contributed by atoms with Crippen molar-refractivity contribution in [3.05, 3.63) is 34.9 Å². The van der Waals surface area contributed by atoms with Crippen LogP contribution in [0.15, 0.2) is 18.2 Å².